The van der Waals surface area contributed by atoms with Gasteiger partial charge in [0, 0.05) is 17.3 Å². The predicted octanol–water partition coefficient (Wildman–Crippen LogP) is 3.83. The van der Waals surface area contributed by atoms with Gasteiger partial charge in [-0.15, -0.1) is 0 Å². The average molecular weight is 315 g/mol. The molecule has 0 amide bonds. The molecule has 1 saturated carbocycles. The van der Waals surface area contributed by atoms with Crippen LogP contribution in [0.15, 0.2) is 24.3 Å². The second-order valence-electron chi connectivity index (χ2n) is 5.56. The van der Waals surface area contributed by atoms with Crippen molar-refractivity contribution in [2.45, 2.75) is 37.8 Å². The molecular formula is C15H16F3NO3. The molecule has 2 rings (SSSR count). The summed E-state index contributed by atoms with van der Waals surface area (Å²) in [5.41, 5.74) is -0.379. The Morgan fingerprint density at radius 2 is 1.86 bits per heavy atom. The summed E-state index contributed by atoms with van der Waals surface area (Å²) in [4.78, 5) is 22.4. The van der Waals surface area contributed by atoms with Gasteiger partial charge in [-0.25, -0.2) is 0 Å². The molecule has 22 heavy (non-hydrogen) atoms. The third-order valence-corrected chi connectivity index (χ3v) is 4.10. The molecule has 1 aromatic rings. The van der Waals surface area contributed by atoms with Gasteiger partial charge in [-0.2, -0.15) is 13.2 Å². The van der Waals surface area contributed by atoms with Crippen LogP contribution in [0.25, 0.3) is 0 Å². The van der Waals surface area contributed by atoms with Gasteiger partial charge in [0.25, 0.3) is 0 Å². The van der Waals surface area contributed by atoms with Gasteiger partial charge in [0.2, 0.25) is 6.54 Å². The highest BCUT2D eigenvalue weighted by molar-refractivity contribution is 5.82. The molecule has 0 spiro atoms. The van der Waals surface area contributed by atoms with E-state index in [4.69, 9.17) is 0 Å². The zero-order valence-corrected chi connectivity index (χ0v) is 11.8. The molecule has 2 atom stereocenters. The smallest absolute Gasteiger partial charge is 0.299 e. The summed E-state index contributed by atoms with van der Waals surface area (Å²) < 4.78 is 37.8. The number of hydrogen-bond donors (Lipinski definition) is 0. The Hall–Kier alpha value is -1.92. The van der Waals surface area contributed by atoms with E-state index in [1.807, 2.05) is 0 Å². The predicted molar refractivity (Wildman–Crippen MR) is 73.0 cm³/mol. The van der Waals surface area contributed by atoms with Gasteiger partial charge in [-0.1, -0.05) is 18.6 Å². The monoisotopic (exact) mass is 315 g/mol. The summed E-state index contributed by atoms with van der Waals surface area (Å²) in [5, 5.41) is 10.9. The molecule has 0 aliphatic heterocycles. The van der Waals surface area contributed by atoms with Crippen molar-refractivity contribution in [2.75, 3.05) is 6.54 Å². The molecule has 0 radical (unpaired) electrons. The van der Waals surface area contributed by atoms with Crippen LogP contribution >= 0.6 is 0 Å². The van der Waals surface area contributed by atoms with Gasteiger partial charge in [0.1, 0.15) is 5.78 Å². The molecule has 0 heterocycles. The van der Waals surface area contributed by atoms with E-state index in [1.165, 1.54) is 12.1 Å². The average Bonchev–Trinajstić information content (AvgIpc) is 2.45. The zero-order chi connectivity index (χ0) is 16.3. The molecule has 1 aliphatic rings. The maximum absolute atomic E-state index is 12.6. The summed E-state index contributed by atoms with van der Waals surface area (Å²) in [6.45, 7) is -0.443. The molecule has 120 valence electrons. The second-order valence-corrected chi connectivity index (χ2v) is 5.56. The highest BCUT2D eigenvalue weighted by Crippen LogP contribution is 2.36. The van der Waals surface area contributed by atoms with Crippen molar-refractivity contribution in [1.29, 1.82) is 0 Å². The molecule has 4 nitrogen and oxygen atoms in total. The third kappa shape index (κ3) is 3.84. The minimum absolute atomic E-state index is 0.0296. The number of halogens is 3. The lowest BCUT2D eigenvalue weighted by Gasteiger charge is -2.27. The van der Waals surface area contributed by atoms with Crippen LogP contribution in [-0.4, -0.2) is 17.3 Å². The summed E-state index contributed by atoms with van der Waals surface area (Å²) >= 11 is 0. The highest BCUT2D eigenvalue weighted by Gasteiger charge is 2.35. The minimum Gasteiger partial charge on any atom is -0.299 e. The number of carbonyl (C=O) groups is 1. The molecule has 7 heteroatoms. The largest absolute Gasteiger partial charge is 0.416 e. The lowest BCUT2D eigenvalue weighted by Crippen LogP contribution is -2.30. The van der Waals surface area contributed by atoms with E-state index in [1.54, 1.807) is 0 Å². The van der Waals surface area contributed by atoms with Gasteiger partial charge in [-0.3, -0.25) is 14.9 Å². The van der Waals surface area contributed by atoms with Crippen LogP contribution < -0.4 is 0 Å². The first-order chi connectivity index (χ1) is 10.3. The van der Waals surface area contributed by atoms with E-state index in [2.05, 4.69) is 0 Å². The number of alkyl halides is 3. The maximum Gasteiger partial charge on any atom is 0.416 e. The Morgan fingerprint density at radius 3 is 2.36 bits per heavy atom. The Kier molecular flexibility index (Phi) is 4.83. The first-order valence-electron chi connectivity index (χ1n) is 7.10. The molecule has 1 aromatic carbocycles. The van der Waals surface area contributed by atoms with Crippen molar-refractivity contribution in [1.82, 2.24) is 0 Å². The van der Waals surface area contributed by atoms with Crippen LogP contribution in [0.5, 0.6) is 0 Å². The summed E-state index contributed by atoms with van der Waals surface area (Å²) in [7, 11) is 0. The van der Waals surface area contributed by atoms with E-state index in [-0.39, 0.29) is 5.78 Å². The zero-order valence-electron chi connectivity index (χ0n) is 11.8. The fraction of sp³-hybridized carbons (Fsp3) is 0.533. The number of hydrogen-bond acceptors (Lipinski definition) is 3. The quantitative estimate of drug-likeness (QED) is 0.627. The molecule has 1 fully saturated rings. The fourth-order valence-electron chi connectivity index (χ4n) is 2.98. The number of rotatable bonds is 4. The van der Waals surface area contributed by atoms with E-state index in [9.17, 15) is 28.1 Å². The molecule has 1 aliphatic carbocycles. The minimum atomic E-state index is -4.45. The van der Waals surface area contributed by atoms with Crippen molar-refractivity contribution < 1.29 is 22.9 Å². The third-order valence-electron chi connectivity index (χ3n) is 4.10. The van der Waals surface area contributed by atoms with Crippen LogP contribution in [0.3, 0.4) is 0 Å². The SMILES string of the molecule is O=C1CCCCC1C(C[N+](=O)[O-])c1ccc(C(F)(F)F)cc1. The Labute approximate surface area is 125 Å². The molecule has 0 N–H and O–H groups in total. The summed E-state index contributed by atoms with van der Waals surface area (Å²) in [5.74, 6) is -1.17. The topological polar surface area (TPSA) is 60.2 Å². The normalized spacial score (nSPS) is 20.7. The van der Waals surface area contributed by atoms with Crippen LogP contribution in [-0.2, 0) is 11.0 Å². The first-order valence-corrected chi connectivity index (χ1v) is 7.10. The van der Waals surface area contributed by atoms with Crippen LogP contribution in [0.1, 0.15) is 42.7 Å². The number of nitrogens with zero attached hydrogens (tertiary/aromatic N) is 1. The first kappa shape index (κ1) is 16.5. The summed E-state index contributed by atoms with van der Waals surface area (Å²) in [6, 6.07) is 4.32. The van der Waals surface area contributed by atoms with Gasteiger partial charge < -0.3 is 0 Å². The Morgan fingerprint density at radius 1 is 1.23 bits per heavy atom. The second kappa shape index (κ2) is 6.46. The molecule has 0 aromatic heterocycles. The number of Topliss-reactive ketones (excluding diaryl/α,β-unsaturated/α-hetero) is 1. The molecule has 2 unspecified atom stereocenters. The van der Waals surface area contributed by atoms with Gasteiger partial charge >= 0.3 is 6.18 Å². The van der Waals surface area contributed by atoms with Crippen molar-refractivity contribution in [3.63, 3.8) is 0 Å². The number of carbonyl (C=O) groups excluding carboxylic acids is 1. The van der Waals surface area contributed by atoms with Crippen molar-refractivity contribution in [2.24, 2.45) is 5.92 Å². The molecular weight excluding hydrogens is 299 g/mol. The lowest BCUT2D eigenvalue weighted by molar-refractivity contribution is -0.484. The van der Waals surface area contributed by atoms with Crippen molar-refractivity contribution >= 4 is 5.78 Å². The van der Waals surface area contributed by atoms with E-state index < -0.39 is 35.0 Å². The molecule has 0 saturated heterocycles. The summed E-state index contributed by atoms with van der Waals surface area (Å²) in [6.07, 6.45) is -1.92. The van der Waals surface area contributed by atoms with Crippen LogP contribution in [0.4, 0.5) is 13.2 Å². The number of nitro groups is 1. The highest BCUT2D eigenvalue weighted by atomic mass is 19.4. The number of benzene rings is 1. The maximum atomic E-state index is 12.6. The van der Waals surface area contributed by atoms with E-state index >= 15 is 0 Å². The van der Waals surface area contributed by atoms with E-state index in [0.717, 1.165) is 25.0 Å². The van der Waals surface area contributed by atoms with Gasteiger partial charge in [0.05, 0.1) is 11.5 Å². The van der Waals surface area contributed by atoms with Gasteiger partial charge in [0.15, 0.2) is 0 Å². The standard InChI is InChI=1S/C15H16F3NO3/c16-15(17,18)11-7-5-10(6-8-11)13(9-19(21)22)12-3-1-2-4-14(12)20/h5-8,12-13H,1-4,9H2. The lowest BCUT2D eigenvalue weighted by atomic mass is 9.76. The van der Waals surface area contributed by atoms with Crippen molar-refractivity contribution in [3.05, 3.63) is 45.5 Å². The Balaban J connectivity index is 2.28. The van der Waals surface area contributed by atoms with E-state index in [0.29, 0.717) is 18.4 Å². The van der Waals surface area contributed by atoms with Crippen LogP contribution in [0, 0.1) is 16.0 Å². The van der Waals surface area contributed by atoms with Crippen LogP contribution in [0.2, 0.25) is 0 Å². The Bertz CT molecular complexity index is 554. The van der Waals surface area contributed by atoms with Gasteiger partial charge in [-0.05, 0) is 30.5 Å². The number of ketones is 1. The molecule has 0 bridgehead atoms. The fourth-order valence-corrected chi connectivity index (χ4v) is 2.98. The van der Waals surface area contributed by atoms with Crippen molar-refractivity contribution in [3.8, 4) is 0 Å².